The van der Waals surface area contributed by atoms with Crippen LogP contribution in [0.3, 0.4) is 0 Å². The molecule has 4 rings (SSSR count). The number of nitrogens with zero attached hydrogens (tertiary/aromatic N) is 4. The Kier molecular flexibility index (Phi) is 9.28. The summed E-state index contributed by atoms with van der Waals surface area (Å²) in [6, 6.07) is 5.15. The number of thioether (sulfide) groups is 1. The number of benzene rings is 1. The molecule has 14 heteroatoms. The zero-order valence-electron chi connectivity index (χ0n) is 23.2. The number of alkyl halides is 3. The fourth-order valence-electron chi connectivity index (χ4n) is 5.65. The van der Waals surface area contributed by atoms with E-state index < -0.39 is 52.9 Å². The quantitative estimate of drug-likeness (QED) is 0.304. The second-order valence-corrected chi connectivity index (χ2v) is 11.1. The maximum absolute atomic E-state index is 14.9. The van der Waals surface area contributed by atoms with Gasteiger partial charge in [0.1, 0.15) is 17.2 Å². The molecule has 0 aliphatic carbocycles. The van der Waals surface area contributed by atoms with Crippen molar-refractivity contribution in [3.05, 3.63) is 71.3 Å². The second-order valence-electron chi connectivity index (χ2n) is 10.1. The molecule has 0 radical (unpaired) electrons. The Morgan fingerprint density at radius 3 is 2.43 bits per heavy atom. The van der Waals surface area contributed by atoms with E-state index >= 15 is 0 Å². The third-order valence-electron chi connectivity index (χ3n) is 7.43. The van der Waals surface area contributed by atoms with Crippen LogP contribution in [0.5, 0.6) is 0 Å². The molecular weight excluding hydrogens is 578 g/mol. The highest BCUT2D eigenvalue weighted by atomic mass is 32.2. The number of halogens is 4. The number of aromatic nitrogens is 3. The van der Waals surface area contributed by atoms with Crippen LogP contribution in [-0.2, 0) is 27.9 Å². The highest BCUT2D eigenvalue weighted by Crippen LogP contribution is 2.47. The summed E-state index contributed by atoms with van der Waals surface area (Å²) in [4.78, 5) is 36.5. The van der Waals surface area contributed by atoms with Gasteiger partial charge < -0.3 is 20.1 Å². The van der Waals surface area contributed by atoms with Crippen molar-refractivity contribution in [1.29, 1.82) is 0 Å². The van der Waals surface area contributed by atoms with Gasteiger partial charge in [-0.1, -0.05) is 12.1 Å². The number of hydrogen-bond donors (Lipinski definition) is 2. The van der Waals surface area contributed by atoms with Gasteiger partial charge in [0, 0.05) is 42.8 Å². The number of ether oxygens (including phenoxy) is 1. The zero-order valence-corrected chi connectivity index (χ0v) is 24.0. The molecule has 1 amide bonds. The Morgan fingerprint density at radius 2 is 1.93 bits per heavy atom. The molecule has 9 nitrogen and oxygen atoms in total. The van der Waals surface area contributed by atoms with Crippen molar-refractivity contribution >= 4 is 23.6 Å². The second kappa shape index (κ2) is 12.4. The lowest BCUT2D eigenvalue weighted by atomic mass is 9.84. The third-order valence-corrected chi connectivity index (χ3v) is 8.12. The fraction of sp³-hybridized carbons (Fsp3) is 0.429. The van der Waals surface area contributed by atoms with E-state index in [-0.39, 0.29) is 23.4 Å². The van der Waals surface area contributed by atoms with Crippen molar-refractivity contribution in [1.82, 2.24) is 19.4 Å². The van der Waals surface area contributed by atoms with Crippen molar-refractivity contribution in [2.24, 2.45) is 11.7 Å². The van der Waals surface area contributed by atoms with E-state index in [9.17, 15) is 32.3 Å². The lowest BCUT2D eigenvalue weighted by Crippen LogP contribution is -2.64. The van der Waals surface area contributed by atoms with E-state index in [2.05, 4.69) is 9.97 Å². The van der Waals surface area contributed by atoms with E-state index in [4.69, 9.17) is 10.5 Å². The summed E-state index contributed by atoms with van der Waals surface area (Å²) in [6.07, 6.45) is -0.305. The molecule has 226 valence electrons. The van der Waals surface area contributed by atoms with Crippen molar-refractivity contribution < 1.29 is 37.0 Å². The molecule has 3 heterocycles. The van der Waals surface area contributed by atoms with Crippen LogP contribution in [0.15, 0.2) is 42.7 Å². The Labute approximate surface area is 244 Å². The molecule has 3 atom stereocenters. The number of hydrogen-bond acceptors (Lipinski definition) is 7. The molecule has 3 N–H and O–H groups in total. The molecule has 1 aliphatic rings. The first kappa shape index (κ1) is 31.4. The summed E-state index contributed by atoms with van der Waals surface area (Å²) in [5.41, 5.74) is 1.81. The first-order valence-electron chi connectivity index (χ1n) is 13.0. The first-order chi connectivity index (χ1) is 19.8. The zero-order chi connectivity index (χ0) is 30.8. The van der Waals surface area contributed by atoms with Gasteiger partial charge in [0.15, 0.2) is 0 Å². The Balaban J connectivity index is 2.12. The number of likely N-dealkylation sites (N-methyl/N-ethyl adjacent to an activating group) is 1. The third kappa shape index (κ3) is 5.88. The van der Waals surface area contributed by atoms with Gasteiger partial charge in [0.2, 0.25) is 5.66 Å². The van der Waals surface area contributed by atoms with Crippen molar-refractivity contribution in [3.63, 3.8) is 0 Å². The number of carboxylic acid groups (broad SMARTS) is 1. The number of carbonyl (C=O) groups excluding carboxylic acids is 1. The average molecular weight is 610 g/mol. The van der Waals surface area contributed by atoms with Crippen molar-refractivity contribution in [2.75, 3.05) is 25.7 Å². The van der Waals surface area contributed by atoms with Crippen LogP contribution in [-0.4, -0.2) is 68.2 Å². The molecule has 1 aromatic carbocycles. The predicted octanol–water partition coefficient (Wildman–Crippen LogP) is 4.54. The number of aliphatic carboxylic acids is 1. The van der Waals surface area contributed by atoms with Gasteiger partial charge in [-0.05, 0) is 56.8 Å². The maximum Gasteiger partial charge on any atom is 0.431 e. The van der Waals surface area contributed by atoms with E-state index in [1.807, 2.05) is 0 Å². The number of carboxylic acids is 1. The van der Waals surface area contributed by atoms with Gasteiger partial charge in [-0.2, -0.15) is 24.9 Å². The summed E-state index contributed by atoms with van der Waals surface area (Å²) < 4.78 is 65.0. The largest absolute Gasteiger partial charge is 0.478 e. The predicted molar refractivity (Wildman–Crippen MR) is 148 cm³/mol. The van der Waals surface area contributed by atoms with E-state index in [1.165, 1.54) is 48.2 Å². The van der Waals surface area contributed by atoms with E-state index in [0.717, 1.165) is 12.1 Å². The highest BCUT2D eigenvalue weighted by Gasteiger charge is 2.59. The fourth-order valence-corrected chi connectivity index (χ4v) is 6.46. The molecule has 0 spiro atoms. The Hall–Kier alpha value is -3.49. The van der Waals surface area contributed by atoms with Crippen LogP contribution in [0.1, 0.15) is 40.4 Å². The summed E-state index contributed by atoms with van der Waals surface area (Å²) in [5.74, 6) is -4.60. The van der Waals surface area contributed by atoms with Crippen LogP contribution in [0.25, 0.3) is 11.1 Å². The number of carbonyl (C=O) groups is 2. The Bertz CT molecular complexity index is 1430. The topological polar surface area (TPSA) is 124 Å². The van der Waals surface area contributed by atoms with Crippen molar-refractivity contribution in [2.45, 2.75) is 44.3 Å². The summed E-state index contributed by atoms with van der Waals surface area (Å²) in [5, 5.41) is 11.1. The van der Waals surface area contributed by atoms with Crippen LogP contribution in [0, 0.1) is 18.7 Å². The van der Waals surface area contributed by atoms with E-state index in [1.54, 1.807) is 13.2 Å². The average Bonchev–Trinajstić information content (AvgIpc) is 3.59. The smallest absolute Gasteiger partial charge is 0.431 e. The first-order valence-corrected chi connectivity index (χ1v) is 14.4. The standard InChI is InChI=1S/C28H31F4N5O4S/c1-16-12-35-19(13-34-16)14-36(2)27(26(39)40,21(15-42-3)22-5-4-10-41-22)37-23(28(30,31)32)11-20(24(37)25(33)38)17-6-8-18(29)9-7-17/h6-9,11-13,21-22H,4-5,10,14-15H2,1-3H3,(H2,33,38)(H,39,40). The minimum Gasteiger partial charge on any atom is -0.478 e. The molecule has 0 saturated carbocycles. The lowest BCUT2D eigenvalue weighted by molar-refractivity contribution is -0.179. The van der Waals surface area contributed by atoms with Crippen LogP contribution in [0.4, 0.5) is 17.6 Å². The molecular formula is C28H31F4N5O4S. The van der Waals surface area contributed by atoms with Crippen LogP contribution in [0.2, 0.25) is 0 Å². The molecule has 42 heavy (non-hydrogen) atoms. The van der Waals surface area contributed by atoms with Gasteiger partial charge in [-0.3, -0.25) is 19.7 Å². The molecule has 1 saturated heterocycles. The monoisotopic (exact) mass is 609 g/mol. The minimum absolute atomic E-state index is 0.0549. The number of nitrogens with two attached hydrogens (primary N) is 1. The van der Waals surface area contributed by atoms with Crippen LogP contribution >= 0.6 is 11.8 Å². The summed E-state index contributed by atoms with van der Waals surface area (Å²) in [7, 11) is 1.36. The molecule has 3 unspecified atom stereocenters. The lowest BCUT2D eigenvalue weighted by Gasteiger charge is -2.47. The van der Waals surface area contributed by atoms with Gasteiger partial charge in [0.25, 0.3) is 5.91 Å². The molecule has 1 aliphatic heterocycles. The number of rotatable bonds is 11. The Morgan fingerprint density at radius 1 is 1.24 bits per heavy atom. The number of aryl methyl sites for hydroxylation is 1. The number of primary amides is 1. The summed E-state index contributed by atoms with van der Waals surface area (Å²) in [6.45, 7) is 1.77. The van der Waals surface area contributed by atoms with Gasteiger partial charge in [-0.15, -0.1) is 0 Å². The summed E-state index contributed by atoms with van der Waals surface area (Å²) >= 11 is 1.24. The molecule has 1 fully saturated rings. The van der Waals surface area contributed by atoms with E-state index in [0.29, 0.717) is 41.5 Å². The molecule has 3 aromatic rings. The van der Waals surface area contributed by atoms with Gasteiger partial charge in [0.05, 0.1) is 17.5 Å². The van der Waals surface area contributed by atoms with Gasteiger partial charge >= 0.3 is 12.1 Å². The van der Waals surface area contributed by atoms with Crippen molar-refractivity contribution in [3.8, 4) is 11.1 Å². The number of amides is 1. The minimum atomic E-state index is -5.12. The maximum atomic E-state index is 14.9. The normalized spacial score (nSPS) is 17.8. The molecule has 0 bridgehead atoms. The molecule has 2 aromatic heterocycles. The SMILES string of the molecule is CSCC(C1CCCO1)C(C(=O)O)(N(C)Cc1cnc(C)cn1)n1c(C(F)(F)F)cc(-c2ccc(F)cc2)c1C(N)=O. The van der Waals surface area contributed by atoms with Gasteiger partial charge in [-0.25, -0.2) is 9.18 Å². The van der Waals surface area contributed by atoms with Crippen LogP contribution < -0.4 is 5.73 Å². The highest BCUT2D eigenvalue weighted by molar-refractivity contribution is 7.98.